The monoisotopic (exact) mass is 468 g/mol. The average molecular weight is 468 g/mol. The van der Waals surface area contributed by atoms with E-state index >= 15 is 0 Å². The smallest absolute Gasteiger partial charge is 0.239 e. The maximum Gasteiger partial charge on any atom is 0.239 e. The van der Waals surface area contributed by atoms with Gasteiger partial charge in [0.05, 0.1) is 6.54 Å². The van der Waals surface area contributed by atoms with Gasteiger partial charge in [-0.05, 0) is 43.5 Å². The highest BCUT2D eigenvalue weighted by Crippen LogP contribution is 2.15. The lowest BCUT2D eigenvalue weighted by molar-refractivity contribution is -0.121. The lowest BCUT2D eigenvalue weighted by atomic mass is 10.1. The number of halogens is 1. The minimum Gasteiger partial charge on any atom is -0.356 e. The van der Waals surface area contributed by atoms with Crippen LogP contribution in [0.15, 0.2) is 47.5 Å². The first-order valence-electron chi connectivity index (χ1n) is 8.60. The fourth-order valence-corrected chi connectivity index (χ4v) is 2.57. The van der Waals surface area contributed by atoms with E-state index in [2.05, 4.69) is 63.4 Å². The van der Waals surface area contributed by atoms with Crippen LogP contribution in [0, 0.1) is 0 Å². The summed E-state index contributed by atoms with van der Waals surface area (Å²) in [6.45, 7) is 6.83. The second-order valence-corrected chi connectivity index (χ2v) is 7.08. The van der Waals surface area contributed by atoms with Gasteiger partial charge in [0.1, 0.15) is 0 Å². The molecule has 1 amide bonds. The quantitative estimate of drug-likeness (QED) is 0.359. The molecule has 0 fully saturated rings. The van der Waals surface area contributed by atoms with Gasteiger partial charge in [-0.15, -0.1) is 24.0 Å². The number of amides is 1. The van der Waals surface area contributed by atoms with Crippen LogP contribution in [0.5, 0.6) is 0 Å². The summed E-state index contributed by atoms with van der Waals surface area (Å²) in [4.78, 5) is 16.0. The molecule has 0 aliphatic heterocycles. The van der Waals surface area contributed by atoms with Gasteiger partial charge in [0.25, 0.3) is 0 Å². The van der Waals surface area contributed by atoms with E-state index in [4.69, 9.17) is 0 Å². The van der Waals surface area contributed by atoms with Crippen LogP contribution in [0.1, 0.15) is 26.3 Å². The van der Waals surface area contributed by atoms with Crippen LogP contribution in [0.4, 0.5) is 0 Å². The van der Waals surface area contributed by atoms with Crippen molar-refractivity contribution in [3.05, 3.63) is 48.0 Å². The molecular weight excluding hydrogens is 439 g/mol. The van der Waals surface area contributed by atoms with Crippen molar-refractivity contribution in [1.29, 1.82) is 0 Å². The Kier molecular flexibility index (Phi) is 8.84. The third-order valence-electron chi connectivity index (χ3n) is 3.67. The molecule has 2 rings (SSSR count). The summed E-state index contributed by atoms with van der Waals surface area (Å²) < 4.78 is 0. The van der Waals surface area contributed by atoms with E-state index < -0.39 is 0 Å². The molecule has 0 radical (unpaired) electrons. The number of hydrogen-bond donors (Lipinski definition) is 3. The van der Waals surface area contributed by atoms with Gasteiger partial charge in [0.15, 0.2) is 5.96 Å². The Morgan fingerprint density at radius 3 is 2.38 bits per heavy atom. The fraction of sp³-hybridized carbons (Fsp3) is 0.400. The van der Waals surface area contributed by atoms with Crippen molar-refractivity contribution in [2.75, 3.05) is 20.1 Å². The van der Waals surface area contributed by atoms with Crippen molar-refractivity contribution in [2.24, 2.45) is 4.99 Å². The van der Waals surface area contributed by atoms with Gasteiger partial charge in [-0.2, -0.15) is 0 Å². The SMILES string of the molecule is CN=C(NCCc1ccc2ccccc2c1)NCC(=O)NC(C)(C)C.I. The molecule has 0 aliphatic carbocycles. The highest BCUT2D eigenvalue weighted by atomic mass is 127. The molecule has 26 heavy (non-hydrogen) atoms. The van der Waals surface area contributed by atoms with Gasteiger partial charge < -0.3 is 16.0 Å². The minimum atomic E-state index is -0.230. The fourth-order valence-electron chi connectivity index (χ4n) is 2.57. The van der Waals surface area contributed by atoms with Gasteiger partial charge >= 0.3 is 0 Å². The number of carbonyl (C=O) groups is 1. The van der Waals surface area contributed by atoms with Crippen molar-refractivity contribution in [3.63, 3.8) is 0 Å². The van der Waals surface area contributed by atoms with E-state index in [0.717, 1.165) is 13.0 Å². The van der Waals surface area contributed by atoms with Crippen LogP contribution in [-0.4, -0.2) is 37.5 Å². The normalized spacial score (nSPS) is 11.6. The number of benzene rings is 2. The molecule has 0 spiro atoms. The molecule has 0 unspecified atom stereocenters. The Labute approximate surface area is 173 Å². The molecule has 0 saturated heterocycles. The third-order valence-corrected chi connectivity index (χ3v) is 3.67. The van der Waals surface area contributed by atoms with Gasteiger partial charge in [0.2, 0.25) is 5.91 Å². The standard InChI is InChI=1S/C20H28N4O.HI/c1-20(2,3)24-18(25)14-23-19(21-4)22-12-11-15-9-10-16-7-5-6-8-17(16)13-15;/h5-10,13H,11-12,14H2,1-4H3,(H,24,25)(H2,21,22,23);1H. The second kappa shape index (κ2) is 10.4. The van der Waals surface area contributed by atoms with Crippen molar-refractivity contribution in [1.82, 2.24) is 16.0 Å². The van der Waals surface area contributed by atoms with E-state index in [9.17, 15) is 4.79 Å². The van der Waals surface area contributed by atoms with Crippen molar-refractivity contribution in [2.45, 2.75) is 32.7 Å². The maximum absolute atomic E-state index is 11.8. The molecular formula is C20H29IN4O. The number of hydrogen-bond acceptors (Lipinski definition) is 2. The van der Waals surface area contributed by atoms with Crippen molar-refractivity contribution >= 4 is 46.6 Å². The van der Waals surface area contributed by atoms with Crippen LogP contribution < -0.4 is 16.0 Å². The molecule has 2 aromatic rings. The first-order chi connectivity index (χ1) is 11.9. The molecule has 0 aromatic heterocycles. The van der Waals surface area contributed by atoms with Crippen LogP contribution in [0.2, 0.25) is 0 Å². The van der Waals surface area contributed by atoms with Gasteiger partial charge in [0, 0.05) is 19.1 Å². The zero-order chi connectivity index (χ0) is 18.3. The Bertz CT molecular complexity index is 753. The molecule has 0 heterocycles. The van der Waals surface area contributed by atoms with E-state index in [1.165, 1.54) is 16.3 Å². The summed E-state index contributed by atoms with van der Waals surface area (Å²) in [5.74, 6) is 0.579. The lowest BCUT2D eigenvalue weighted by Gasteiger charge is -2.21. The van der Waals surface area contributed by atoms with E-state index in [1.807, 2.05) is 20.8 Å². The largest absolute Gasteiger partial charge is 0.356 e. The molecule has 142 valence electrons. The van der Waals surface area contributed by atoms with Gasteiger partial charge in [-0.1, -0.05) is 42.5 Å². The number of carbonyl (C=O) groups excluding carboxylic acids is 1. The predicted molar refractivity (Wildman–Crippen MR) is 120 cm³/mol. The zero-order valence-corrected chi connectivity index (χ0v) is 18.3. The summed E-state index contributed by atoms with van der Waals surface area (Å²) in [6.07, 6.45) is 0.889. The summed E-state index contributed by atoms with van der Waals surface area (Å²) in [6, 6.07) is 14.9. The van der Waals surface area contributed by atoms with Crippen LogP contribution in [0.3, 0.4) is 0 Å². The number of guanidine groups is 1. The Hall–Kier alpha value is -1.83. The third kappa shape index (κ3) is 7.59. The molecule has 3 N–H and O–H groups in total. The number of rotatable bonds is 5. The molecule has 6 heteroatoms. The highest BCUT2D eigenvalue weighted by molar-refractivity contribution is 14.0. The predicted octanol–water partition coefficient (Wildman–Crippen LogP) is 3.08. The van der Waals surface area contributed by atoms with Crippen molar-refractivity contribution in [3.8, 4) is 0 Å². The number of nitrogens with one attached hydrogen (secondary N) is 3. The summed E-state index contributed by atoms with van der Waals surface area (Å²) in [5, 5.41) is 11.7. The summed E-state index contributed by atoms with van der Waals surface area (Å²) in [7, 11) is 1.70. The molecule has 2 aromatic carbocycles. The lowest BCUT2D eigenvalue weighted by Crippen LogP contribution is -2.48. The van der Waals surface area contributed by atoms with E-state index in [1.54, 1.807) is 7.05 Å². The van der Waals surface area contributed by atoms with Gasteiger partial charge in [-0.25, -0.2) is 0 Å². The molecule has 5 nitrogen and oxygen atoms in total. The minimum absolute atomic E-state index is 0. The van der Waals surface area contributed by atoms with Crippen LogP contribution in [0.25, 0.3) is 10.8 Å². The zero-order valence-electron chi connectivity index (χ0n) is 15.9. The first-order valence-corrected chi connectivity index (χ1v) is 8.60. The van der Waals surface area contributed by atoms with Gasteiger partial charge in [-0.3, -0.25) is 9.79 Å². The molecule has 0 saturated carbocycles. The molecule has 0 atom stereocenters. The number of fused-ring (bicyclic) bond motifs is 1. The number of aliphatic imine (C=N–C) groups is 1. The Morgan fingerprint density at radius 1 is 1.04 bits per heavy atom. The topological polar surface area (TPSA) is 65.5 Å². The Morgan fingerprint density at radius 2 is 1.73 bits per heavy atom. The van der Waals surface area contributed by atoms with Crippen molar-refractivity contribution < 1.29 is 4.79 Å². The molecule has 0 bridgehead atoms. The highest BCUT2D eigenvalue weighted by Gasteiger charge is 2.13. The second-order valence-electron chi connectivity index (χ2n) is 7.08. The maximum atomic E-state index is 11.8. The van der Waals surface area contributed by atoms with E-state index in [0.29, 0.717) is 5.96 Å². The van der Waals surface area contributed by atoms with Crippen LogP contribution in [-0.2, 0) is 11.2 Å². The first kappa shape index (κ1) is 22.2. The van der Waals surface area contributed by atoms with E-state index in [-0.39, 0.29) is 42.0 Å². The number of nitrogens with zero attached hydrogens (tertiary/aromatic N) is 1. The van der Waals surface area contributed by atoms with Crippen LogP contribution >= 0.6 is 24.0 Å². The summed E-state index contributed by atoms with van der Waals surface area (Å²) in [5.41, 5.74) is 1.04. The Balaban J connectivity index is 0.00000338. The molecule has 0 aliphatic rings. The summed E-state index contributed by atoms with van der Waals surface area (Å²) >= 11 is 0. The average Bonchev–Trinajstić information content (AvgIpc) is 2.56.